The van der Waals surface area contributed by atoms with E-state index in [2.05, 4.69) is 10.3 Å². The first kappa shape index (κ1) is 20.7. The van der Waals surface area contributed by atoms with Crippen molar-refractivity contribution in [3.63, 3.8) is 0 Å². The second-order valence-corrected chi connectivity index (χ2v) is 7.60. The number of rotatable bonds is 7. The predicted octanol–water partition coefficient (Wildman–Crippen LogP) is 3.92. The van der Waals surface area contributed by atoms with E-state index >= 15 is 0 Å². The standard InChI is InChI=1S/C21H23N3O4S/c1-4-11-28-21(27)15(5-2)24-12-22-19-16(20(24)26)13(3)17(29-19)18(25)23-14-9-7-6-8-10-14/h6-10,12,15H,4-5,11H2,1-3H3,(H,23,25)/t15-/m1/s1. The van der Waals surface area contributed by atoms with Gasteiger partial charge < -0.3 is 10.1 Å². The number of hydrogen-bond donors (Lipinski definition) is 1. The third kappa shape index (κ3) is 4.22. The minimum Gasteiger partial charge on any atom is -0.464 e. The highest BCUT2D eigenvalue weighted by Gasteiger charge is 2.25. The highest BCUT2D eigenvalue weighted by atomic mass is 32.1. The maximum absolute atomic E-state index is 13.1. The zero-order valence-corrected chi connectivity index (χ0v) is 17.4. The Bertz CT molecular complexity index is 1090. The Balaban J connectivity index is 1.98. The summed E-state index contributed by atoms with van der Waals surface area (Å²) in [6, 6.07) is 8.36. The van der Waals surface area contributed by atoms with Gasteiger partial charge in [-0.15, -0.1) is 11.3 Å². The van der Waals surface area contributed by atoms with Gasteiger partial charge in [-0.1, -0.05) is 32.0 Å². The second kappa shape index (κ2) is 9.00. The quantitative estimate of drug-likeness (QED) is 0.593. The Morgan fingerprint density at radius 2 is 1.97 bits per heavy atom. The molecule has 0 unspecified atom stereocenters. The summed E-state index contributed by atoms with van der Waals surface area (Å²) < 4.78 is 6.52. The van der Waals surface area contributed by atoms with Crippen molar-refractivity contribution in [2.75, 3.05) is 11.9 Å². The molecule has 0 saturated heterocycles. The molecule has 29 heavy (non-hydrogen) atoms. The average Bonchev–Trinajstić information content (AvgIpc) is 3.06. The number of ether oxygens (including phenoxy) is 1. The molecular formula is C21H23N3O4S. The van der Waals surface area contributed by atoms with Crippen molar-refractivity contribution in [1.82, 2.24) is 9.55 Å². The van der Waals surface area contributed by atoms with Gasteiger partial charge >= 0.3 is 5.97 Å². The van der Waals surface area contributed by atoms with Gasteiger partial charge in [0.1, 0.15) is 10.9 Å². The summed E-state index contributed by atoms with van der Waals surface area (Å²) in [5.74, 6) is -0.746. The molecule has 2 heterocycles. The highest BCUT2D eigenvalue weighted by Crippen LogP contribution is 2.28. The van der Waals surface area contributed by atoms with E-state index in [0.717, 1.165) is 11.3 Å². The smallest absolute Gasteiger partial charge is 0.329 e. The van der Waals surface area contributed by atoms with Crippen LogP contribution in [0.2, 0.25) is 0 Å². The molecule has 1 N–H and O–H groups in total. The van der Waals surface area contributed by atoms with Crippen molar-refractivity contribution in [3.05, 3.63) is 57.5 Å². The third-order valence-corrected chi connectivity index (χ3v) is 5.76. The predicted molar refractivity (Wildman–Crippen MR) is 114 cm³/mol. The molecule has 1 aromatic carbocycles. The van der Waals surface area contributed by atoms with Gasteiger partial charge in [-0.3, -0.25) is 14.2 Å². The normalized spacial score (nSPS) is 12.0. The molecule has 0 bridgehead atoms. The van der Waals surface area contributed by atoms with E-state index < -0.39 is 12.0 Å². The lowest BCUT2D eigenvalue weighted by molar-refractivity contribution is -0.147. The van der Waals surface area contributed by atoms with Crippen molar-refractivity contribution in [2.24, 2.45) is 0 Å². The summed E-state index contributed by atoms with van der Waals surface area (Å²) in [6.45, 7) is 5.75. The summed E-state index contributed by atoms with van der Waals surface area (Å²) in [6.07, 6.45) is 2.47. The first-order valence-corrected chi connectivity index (χ1v) is 10.3. The molecule has 8 heteroatoms. The number of anilines is 1. The second-order valence-electron chi connectivity index (χ2n) is 6.61. The van der Waals surface area contributed by atoms with Crippen molar-refractivity contribution in [2.45, 2.75) is 39.7 Å². The molecule has 152 valence electrons. The summed E-state index contributed by atoms with van der Waals surface area (Å²) in [5, 5.41) is 3.19. The van der Waals surface area contributed by atoms with Gasteiger partial charge in [0, 0.05) is 5.69 Å². The summed E-state index contributed by atoms with van der Waals surface area (Å²) in [5.41, 5.74) is 0.884. The van der Waals surface area contributed by atoms with Gasteiger partial charge in [-0.25, -0.2) is 9.78 Å². The zero-order valence-electron chi connectivity index (χ0n) is 16.6. The number of amides is 1. The Morgan fingerprint density at radius 3 is 2.62 bits per heavy atom. The summed E-state index contributed by atoms with van der Waals surface area (Å²) in [4.78, 5) is 43.4. The monoisotopic (exact) mass is 413 g/mol. The highest BCUT2D eigenvalue weighted by molar-refractivity contribution is 7.20. The van der Waals surface area contributed by atoms with E-state index in [0.29, 0.717) is 45.8 Å². The first-order chi connectivity index (χ1) is 14.0. The van der Waals surface area contributed by atoms with Gasteiger partial charge in [0.25, 0.3) is 11.5 Å². The number of thiophene rings is 1. The fourth-order valence-corrected chi connectivity index (χ4v) is 4.10. The number of aryl methyl sites for hydroxylation is 1. The molecule has 1 atom stereocenters. The van der Waals surface area contributed by atoms with Crippen LogP contribution in [0.1, 0.15) is 48.0 Å². The number of benzene rings is 1. The number of nitrogens with zero attached hydrogens (tertiary/aromatic N) is 2. The lowest BCUT2D eigenvalue weighted by Gasteiger charge is -2.16. The maximum atomic E-state index is 13.1. The molecule has 0 fully saturated rings. The van der Waals surface area contributed by atoms with Crippen LogP contribution in [0, 0.1) is 6.92 Å². The molecule has 3 aromatic rings. The number of carbonyl (C=O) groups excluding carboxylic acids is 2. The van der Waals surface area contributed by atoms with Crippen LogP contribution in [0.25, 0.3) is 10.2 Å². The van der Waals surface area contributed by atoms with Gasteiger partial charge in [-0.05, 0) is 37.5 Å². The summed E-state index contributed by atoms with van der Waals surface area (Å²) >= 11 is 1.16. The van der Waals surface area contributed by atoms with E-state index in [4.69, 9.17) is 4.74 Å². The summed E-state index contributed by atoms with van der Waals surface area (Å²) in [7, 11) is 0. The number of fused-ring (bicyclic) bond motifs is 1. The Morgan fingerprint density at radius 1 is 1.24 bits per heavy atom. The molecule has 2 aromatic heterocycles. The Labute approximate surface area is 172 Å². The van der Waals surface area contributed by atoms with Crippen LogP contribution in [0.5, 0.6) is 0 Å². The van der Waals surface area contributed by atoms with Gasteiger partial charge in [-0.2, -0.15) is 0 Å². The van der Waals surface area contributed by atoms with Crippen LogP contribution in [0.4, 0.5) is 5.69 Å². The van der Waals surface area contributed by atoms with Crippen LogP contribution in [-0.4, -0.2) is 28.0 Å². The molecule has 0 saturated carbocycles. The Hall–Kier alpha value is -3.00. The maximum Gasteiger partial charge on any atom is 0.329 e. The zero-order chi connectivity index (χ0) is 21.0. The third-order valence-electron chi connectivity index (χ3n) is 4.56. The molecule has 7 nitrogen and oxygen atoms in total. The SMILES string of the molecule is CCCOC(=O)[C@@H](CC)n1cnc2sc(C(=O)Nc3ccccc3)c(C)c2c1=O. The topological polar surface area (TPSA) is 90.3 Å². The minimum atomic E-state index is -0.744. The minimum absolute atomic E-state index is 0.294. The van der Waals surface area contributed by atoms with Crippen LogP contribution < -0.4 is 10.9 Å². The van der Waals surface area contributed by atoms with Crippen LogP contribution in [0.3, 0.4) is 0 Å². The Kier molecular flexibility index (Phi) is 6.43. The van der Waals surface area contributed by atoms with E-state index in [1.54, 1.807) is 19.1 Å². The number of esters is 1. The van der Waals surface area contributed by atoms with Gasteiger partial charge in [0.15, 0.2) is 0 Å². The molecule has 0 aliphatic heterocycles. The molecule has 3 rings (SSSR count). The molecule has 0 spiro atoms. The average molecular weight is 413 g/mol. The fraction of sp³-hybridized carbons (Fsp3) is 0.333. The van der Waals surface area contributed by atoms with Gasteiger partial charge in [0.2, 0.25) is 0 Å². The molecule has 0 radical (unpaired) electrons. The largest absolute Gasteiger partial charge is 0.464 e. The van der Waals surface area contributed by atoms with E-state index in [-0.39, 0.29) is 11.5 Å². The molecular weight excluding hydrogens is 390 g/mol. The van der Waals surface area contributed by atoms with Gasteiger partial charge in [0.05, 0.1) is 23.2 Å². The van der Waals surface area contributed by atoms with E-state index in [1.807, 2.05) is 32.0 Å². The lowest BCUT2D eigenvalue weighted by atomic mass is 10.2. The van der Waals surface area contributed by atoms with E-state index in [9.17, 15) is 14.4 Å². The number of para-hydroxylation sites is 1. The van der Waals surface area contributed by atoms with Crippen molar-refractivity contribution in [1.29, 1.82) is 0 Å². The lowest BCUT2D eigenvalue weighted by Crippen LogP contribution is -2.31. The van der Waals surface area contributed by atoms with Crippen molar-refractivity contribution in [3.8, 4) is 0 Å². The van der Waals surface area contributed by atoms with Crippen molar-refractivity contribution >= 4 is 39.1 Å². The molecule has 1 amide bonds. The number of hydrogen-bond acceptors (Lipinski definition) is 6. The molecule has 0 aliphatic carbocycles. The number of nitrogens with one attached hydrogen (secondary N) is 1. The van der Waals surface area contributed by atoms with Crippen LogP contribution in [0.15, 0.2) is 41.5 Å². The van der Waals surface area contributed by atoms with Crippen LogP contribution >= 0.6 is 11.3 Å². The van der Waals surface area contributed by atoms with Crippen LogP contribution in [-0.2, 0) is 9.53 Å². The fourth-order valence-electron chi connectivity index (χ4n) is 3.06. The van der Waals surface area contributed by atoms with Crippen molar-refractivity contribution < 1.29 is 14.3 Å². The number of carbonyl (C=O) groups is 2. The molecule has 0 aliphatic rings. The number of aromatic nitrogens is 2. The van der Waals surface area contributed by atoms with E-state index in [1.165, 1.54) is 10.9 Å². The first-order valence-electron chi connectivity index (χ1n) is 9.51.